The van der Waals surface area contributed by atoms with Crippen molar-refractivity contribution in [2.45, 2.75) is 71.1 Å². The van der Waals surface area contributed by atoms with Gasteiger partial charge in [0.1, 0.15) is 0 Å². The Morgan fingerprint density at radius 1 is 1.05 bits per heavy atom. The summed E-state index contributed by atoms with van der Waals surface area (Å²) >= 11 is 2.66. The average molecular weight is 430 g/mol. The van der Waals surface area contributed by atoms with E-state index in [9.17, 15) is 0 Å². The highest BCUT2D eigenvalue weighted by Crippen LogP contribution is 2.56. The highest BCUT2D eigenvalue weighted by atomic mass is 127. The Balaban J connectivity index is 2.98. The maximum Gasteiger partial charge on any atom is 0.269 e. The van der Waals surface area contributed by atoms with Crippen molar-refractivity contribution in [3.63, 3.8) is 0 Å². The van der Waals surface area contributed by atoms with Crippen LogP contribution in [0.5, 0.6) is 0 Å². The molecule has 1 aromatic rings. The summed E-state index contributed by atoms with van der Waals surface area (Å²) in [5, 5.41) is 0.389. The molecule has 0 amide bonds. The fourth-order valence-electron chi connectivity index (χ4n) is 2.73. The van der Waals surface area contributed by atoms with E-state index in [0.717, 1.165) is 6.42 Å². The van der Waals surface area contributed by atoms with Crippen LogP contribution in [0.3, 0.4) is 0 Å². The molecule has 0 fully saturated rings. The quantitative estimate of drug-likeness (QED) is 0.278. The van der Waals surface area contributed by atoms with E-state index >= 15 is 0 Å². The zero-order chi connectivity index (χ0) is 17.0. The molecular formula is C19H31IOSi. The number of rotatable bonds is 5. The predicted molar refractivity (Wildman–Crippen MR) is 110 cm³/mol. The van der Waals surface area contributed by atoms with E-state index < -0.39 is 5.81 Å². The summed E-state index contributed by atoms with van der Waals surface area (Å²) in [5.74, 6) is -1.96. The van der Waals surface area contributed by atoms with Gasteiger partial charge >= 0.3 is 0 Å². The summed E-state index contributed by atoms with van der Waals surface area (Å²) in [7, 11) is 0. The highest BCUT2D eigenvalue weighted by Gasteiger charge is 2.54. The van der Waals surface area contributed by atoms with Crippen molar-refractivity contribution < 1.29 is 4.43 Å². The van der Waals surface area contributed by atoms with Crippen molar-refractivity contribution in [3.8, 4) is 0 Å². The SMILES string of the molecule is CCC(/C=C/c1ccccc1)O[Si](I)(C(C)(C)C)C(C)(C)C. The van der Waals surface area contributed by atoms with Gasteiger partial charge in [-0.05, 0) is 22.1 Å². The molecule has 1 nitrogen and oxygen atoms in total. The van der Waals surface area contributed by atoms with E-state index in [1.807, 2.05) is 6.07 Å². The molecule has 0 bridgehead atoms. The van der Waals surface area contributed by atoms with Crippen LogP contribution in [-0.2, 0) is 4.43 Å². The lowest BCUT2D eigenvalue weighted by atomic mass is 10.2. The van der Waals surface area contributed by atoms with Crippen LogP contribution in [0.15, 0.2) is 36.4 Å². The maximum absolute atomic E-state index is 6.78. The molecule has 0 radical (unpaired) electrons. The lowest BCUT2D eigenvalue weighted by Gasteiger charge is -2.47. The lowest BCUT2D eigenvalue weighted by Crippen LogP contribution is -2.50. The van der Waals surface area contributed by atoms with Gasteiger partial charge in [-0.3, -0.25) is 0 Å². The van der Waals surface area contributed by atoms with Crippen molar-refractivity contribution in [1.82, 2.24) is 0 Å². The van der Waals surface area contributed by atoms with Crippen molar-refractivity contribution >= 4 is 33.7 Å². The van der Waals surface area contributed by atoms with E-state index in [0.29, 0.717) is 0 Å². The fraction of sp³-hybridized carbons (Fsp3) is 0.579. The lowest BCUT2D eigenvalue weighted by molar-refractivity contribution is 0.216. The van der Waals surface area contributed by atoms with Crippen LogP contribution < -0.4 is 0 Å². The third kappa shape index (κ3) is 4.93. The van der Waals surface area contributed by atoms with Crippen molar-refractivity contribution in [3.05, 3.63) is 42.0 Å². The van der Waals surface area contributed by atoms with Gasteiger partial charge in [0.25, 0.3) is 5.81 Å². The zero-order valence-corrected chi connectivity index (χ0v) is 18.3. The molecule has 0 heterocycles. The van der Waals surface area contributed by atoms with Crippen LogP contribution in [0.25, 0.3) is 6.08 Å². The molecule has 124 valence electrons. The Labute approximate surface area is 150 Å². The van der Waals surface area contributed by atoms with Gasteiger partial charge in [-0.2, -0.15) is 0 Å². The minimum absolute atomic E-state index is 0.183. The normalized spacial score (nSPS) is 15.3. The fourth-order valence-corrected chi connectivity index (χ4v) is 7.33. The van der Waals surface area contributed by atoms with E-state index in [1.54, 1.807) is 0 Å². The maximum atomic E-state index is 6.78. The Bertz CT molecular complexity index is 468. The molecule has 0 spiro atoms. The molecule has 1 atom stereocenters. The second kappa shape index (κ2) is 7.62. The average Bonchev–Trinajstić information content (AvgIpc) is 2.41. The Morgan fingerprint density at radius 3 is 1.95 bits per heavy atom. The molecule has 0 saturated carbocycles. The molecule has 22 heavy (non-hydrogen) atoms. The first-order chi connectivity index (χ1) is 10.0. The van der Waals surface area contributed by atoms with E-state index in [-0.39, 0.29) is 16.2 Å². The number of halogens is 1. The monoisotopic (exact) mass is 430 g/mol. The summed E-state index contributed by atoms with van der Waals surface area (Å²) in [6, 6.07) is 10.5. The van der Waals surface area contributed by atoms with Crippen molar-refractivity contribution in [2.75, 3.05) is 0 Å². The molecule has 0 aromatic heterocycles. The van der Waals surface area contributed by atoms with Crippen LogP contribution in [-0.4, -0.2) is 11.9 Å². The van der Waals surface area contributed by atoms with Crippen LogP contribution >= 0.6 is 21.8 Å². The molecule has 0 aliphatic heterocycles. The number of hydrogen-bond acceptors (Lipinski definition) is 1. The van der Waals surface area contributed by atoms with Crippen LogP contribution in [0.2, 0.25) is 10.1 Å². The smallest absolute Gasteiger partial charge is 0.269 e. The van der Waals surface area contributed by atoms with Crippen LogP contribution in [0.4, 0.5) is 0 Å². The molecule has 0 aliphatic rings. The van der Waals surface area contributed by atoms with Gasteiger partial charge < -0.3 is 4.43 Å². The van der Waals surface area contributed by atoms with Gasteiger partial charge in [-0.1, -0.05) is 113 Å². The molecular weight excluding hydrogens is 399 g/mol. The summed E-state index contributed by atoms with van der Waals surface area (Å²) < 4.78 is 6.78. The zero-order valence-electron chi connectivity index (χ0n) is 15.1. The van der Waals surface area contributed by atoms with E-state index in [2.05, 4.69) is 107 Å². The topological polar surface area (TPSA) is 9.23 Å². The Hall–Kier alpha value is -0.133. The van der Waals surface area contributed by atoms with Gasteiger partial charge in [0.05, 0.1) is 6.10 Å². The molecule has 1 unspecified atom stereocenters. The first-order valence-electron chi connectivity index (χ1n) is 8.11. The predicted octanol–water partition coefficient (Wildman–Crippen LogP) is 6.97. The van der Waals surface area contributed by atoms with Crippen LogP contribution in [0, 0.1) is 0 Å². The third-order valence-electron chi connectivity index (χ3n) is 3.95. The molecule has 0 N–H and O–H groups in total. The Morgan fingerprint density at radius 2 is 1.55 bits per heavy atom. The van der Waals surface area contributed by atoms with Crippen LogP contribution in [0.1, 0.15) is 60.5 Å². The largest absolute Gasteiger partial charge is 0.400 e. The first-order valence-corrected chi connectivity index (χ1v) is 13.1. The van der Waals surface area contributed by atoms with E-state index in [1.165, 1.54) is 5.56 Å². The number of benzene rings is 1. The molecule has 1 aromatic carbocycles. The molecule has 0 aliphatic carbocycles. The summed E-state index contributed by atoms with van der Waals surface area (Å²) in [5.41, 5.74) is 1.23. The molecule has 3 heteroatoms. The van der Waals surface area contributed by atoms with Gasteiger partial charge in [0.2, 0.25) is 0 Å². The third-order valence-corrected chi connectivity index (χ3v) is 18.9. The van der Waals surface area contributed by atoms with Gasteiger partial charge in [-0.25, -0.2) is 0 Å². The van der Waals surface area contributed by atoms with Crippen molar-refractivity contribution in [2.24, 2.45) is 0 Å². The number of hydrogen-bond donors (Lipinski definition) is 0. The van der Waals surface area contributed by atoms with Gasteiger partial charge in [-0.15, -0.1) is 0 Å². The van der Waals surface area contributed by atoms with Gasteiger partial charge in [0, 0.05) is 0 Å². The second-order valence-corrected chi connectivity index (χ2v) is 16.9. The minimum Gasteiger partial charge on any atom is -0.400 e. The van der Waals surface area contributed by atoms with Gasteiger partial charge in [0.15, 0.2) is 0 Å². The Kier molecular flexibility index (Phi) is 6.90. The summed E-state index contributed by atoms with van der Waals surface area (Å²) in [6.45, 7) is 16.1. The molecule has 1 rings (SSSR count). The van der Waals surface area contributed by atoms with Crippen molar-refractivity contribution in [1.29, 1.82) is 0 Å². The standard InChI is InChI=1S/C19H31IOSi/c1-8-17(15-14-16-12-10-9-11-13-16)21-22(20,18(2,3)4)19(5,6)7/h9-15,17H,8H2,1-7H3/b15-14+. The first kappa shape index (κ1) is 19.9. The van der Waals surface area contributed by atoms with E-state index in [4.69, 9.17) is 4.43 Å². The summed E-state index contributed by atoms with van der Waals surface area (Å²) in [6.07, 6.45) is 5.60. The summed E-state index contributed by atoms with van der Waals surface area (Å²) in [4.78, 5) is 0. The molecule has 0 saturated heterocycles. The minimum atomic E-state index is -1.96. The second-order valence-electron chi connectivity index (χ2n) is 7.93. The highest BCUT2D eigenvalue weighted by molar-refractivity contribution is 14.1.